The van der Waals surface area contributed by atoms with Crippen molar-refractivity contribution in [2.24, 2.45) is 0 Å². The fraction of sp³-hybridized carbons (Fsp3) is 0.409. The zero-order valence-corrected chi connectivity index (χ0v) is 17.6. The van der Waals surface area contributed by atoms with E-state index >= 15 is 0 Å². The number of Topliss-reactive ketones (excluding diaryl/α,β-unsaturated/α-hetero) is 1. The normalized spacial score (nSPS) is 13.9. The van der Waals surface area contributed by atoms with Crippen LogP contribution < -0.4 is 0 Å². The molecular weight excluding hydrogens is 387 g/mol. The predicted molar refractivity (Wildman–Crippen MR) is 112 cm³/mol. The molecule has 0 atom stereocenters. The Morgan fingerprint density at radius 3 is 2.72 bits per heavy atom. The van der Waals surface area contributed by atoms with Crippen LogP contribution in [0.4, 0.5) is 4.39 Å². The molecule has 0 saturated carbocycles. The van der Waals surface area contributed by atoms with Gasteiger partial charge in [0, 0.05) is 36.5 Å². The van der Waals surface area contributed by atoms with Crippen LogP contribution in [-0.2, 0) is 19.5 Å². The highest BCUT2D eigenvalue weighted by molar-refractivity contribution is 7.99. The lowest BCUT2D eigenvalue weighted by atomic mass is 10.2. The lowest BCUT2D eigenvalue weighted by Gasteiger charge is -2.10. The topological polar surface area (TPSA) is 52.7 Å². The van der Waals surface area contributed by atoms with Crippen LogP contribution >= 0.6 is 11.8 Å². The maximum atomic E-state index is 13.2. The molecule has 1 aliphatic heterocycles. The molecule has 3 aromatic rings. The minimum atomic E-state index is -0.242. The number of hydrogen-bond donors (Lipinski definition) is 0. The van der Waals surface area contributed by atoms with Crippen molar-refractivity contribution in [3.8, 4) is 0 Å². The van der Waals surface area contributed by atoms with E-state index in [9.17, 15) is 9.18 Å². The fourth-order valence-corrected chi connectivity index (χ4v) is 4.74. The number of ketones is 1. The summed E-state index contributed by atoms with van der Waals surface area (Å²) in [5, 5.41) is 9.45. The van der Waals surface area contributed by atoms with Gasteiger partial charge in [-0.3, -0.25) is 4.79 Å². The van der Waals surface area contributed by atoms with Crippen molar-refractivity contribution in [1.29, 1.82) is 0 Å². The summed E-state index contributed by atoms with van der Waals surface area (Å²) in [5.74, 6) is 1.24. The molecule has 5 nitrogen and oxygen atoms in total. The second-order valence-corrected chi connectivity index (χ2v) is 8.51. The summed E-state index contributed by atoms with van der Waals surface area (Å²) < 4.78 is 17.4. The average molecular weight is 413 g/mol. The third-order valence-electron chi connectivity index (χ3n) is 5.54. The monoisotopic (exact) mass is 412 g/mol. The van der Waals surface area contributed by atoms with Gasteiger partial charge in [-0.25, -0.2) is 4.39 Å². The molecule has 0 radical (unpaired) electrons. The predicted octanol–water partition coefficient (Wildman–Crippen LogP) is 4.59. The highest BCUT2D eigenvalue weighted by Crippen LogP contribution is 2.24. The van der Waals surface area contributed by atoms with E-state index in [1.54, 1.807) is 12.1 Å². The minimum Gasteiger partial charge on any atom is -0.344 e. The first kappa shape index (κ1) is 19.9. The van der Waals surface area contributed by atoms with Gasteiger partial charge in [0.25, 0.3) is 0 Å². The summed E-state index contributed by atoms with van der Waals surface area (Å²) in [6, 6.07) is 8.44. The molecule has 29 heavy (non-hydrogen) atoms. The smallest absolute Gasteiger partial charge is 0.191 e. The summed E-state index contributed by atoms with van der Waals surface area (Å²) in [6.45, 7) is 5.53. The van der Waals surface area contributed by atoms with E-state index in [1.807, 2.05) is 19.9 Å². The van der Waals surface area contributed by atoms with Gasteiger partial charge in [0.2, 0.25) is 0 Å². The van der Waals surface area contributed by atoms with Gasteiger partial charge in [-0.2, -0.15) is 0 Å². The molecule has 4 rings (SSSR count). The Bertz CT molecular complexity index is 1020. The van der Waals surface area contributed by atoms with E-state index in [1.165, 1.54) is 30.3 Å². The van der Waals surface area contributed by atoms with Gasteiger partial charge in [-0.15, -0.1) is 10.2 Å². The third-order valence-corrected chi connectivity index (χ3v) is 6.50. The summed E-state index contributed by atoms with van der Waals surface area (Å²) in [7, 11) is 0. The van der Waals surface area contributed by atoms with Gasteiger partial charge in [0.15, 0.2) is 10.9 Å². The van der Waals surface area contributed by atoms with Crippen molar-refractivity contribution < 1.29 is 9.18 Å². The van der Waals surface area contributed by atoms with Crippen molar-refractivity contribution in [2.45, 2.75) is 57.8 Å². The van der Waals surface area contributed by atoms with Crippen LogP contribution in [0, 0.1) is 19.7 Å². The number of thioether (sulfide) groups is 1. The first-order valence-electron chi connectivity index (χ1n) is 10.0. The van der Waals surface area contributed by atoms with Crippen LogP contribution in [0.25, 0.3) is 0 Å². The first-order chi connectivity index (χ1) is 14.0. The van der Waals surface area contributed by atoms with Crippen molar-refractivity contribution in [2.75, 3.05) is 5.75 Å². The van der Waals surface area contributed by atoms with Crippen LogP contribution in [0.15, 0.2) is 35.5 Å². The second kappa shape index (κ2) is 8.53. The summed E-state index contributed by atoms with van der Waals surface area (Å²) in [4.78, 5) is 12.9. The molecule has 0 fully saturated rings. The van der Waals surface area contributed by atoms with E-state index in [4.69, 9.17) is 0 Å². The number of fused-ring (bicyclic) bond motifs is 1. The fourth-order valence-electron chi connectivity index (χ4n) is 3.87. The number of aryl methyl sites for hydroxylation is 2. The molecule has 0 unspecified atom stereocenters. The zero-order chi connectivity index (χ0) is 20.4. The highest BCUT2D eigenvalue weighted by Gasteiger charge is 2.19. The zero-order valence-electron chi connectivity index (χ0n) is 16.8. The van der Waals surface area contributed by atoms with Crippen LogP contribution in [0.2, 0.25) is 0 Å². The lowest BCUT2D eigenvalue weighted by Crippen LogP contribution is -2.09. The Hall–Kier alpha value is -2.41. The molecule has 1 aliphatic rings. The maximum Gasteiger partial charge on any atom is 0.191 e. The van der Waals surface area contributed by atoms with Crippen molar-refractivity contribution in [3.63, 3.8) is 0 Å². The third kappa shape index (κ3) is 4.29. The SMILES string of the molecule is Cc1cc(C(=O)CSc2nnc3n2CCCCC3)c(C)n1Cc1ccc(F)cc1. The molecule has 0 amide bonds. The molecule has 0 saturated heterocycles. The molecule has 3 heterocycles. The van der Waals surface area contributed by atoms with E-state index in [2.05, 4.69) is 19.3 Å². The summed E-state index contributed by atoms with van der Waals surface area (Å²) in [5.41, 5.74) is 3.72. The van der Waals surface area contributed by atoms with E-state index in [0.717, 1.165) is 59.3 Å². The standard InChI is InChI=1S/C22H25FN4OS/c1-15-12-19(16(2)27(15)13-17-7-9-18(23)10-8-17)20(28)14-29-22-25-24-21-6-4-3-5-11-26(21)22/h7-10,12H,3-6,11,13-14H2,1-2H3. The molecule has 0 aliphatic carbocycles. The first-order valence-corrected chi connectivity index (χ1v) is 11.0. The number of nitrogens with zero attached hydrogens (tertiary/aromatic N) is 4. The quantitative estimate of drug-likeness (QED) is 0.439. The maximum absolute atomic E-state index is 13.2. The van der Waals surface area contributed by atoms with Gasteiger partial charge in [-0.1, -0.05) is 30.3 Å². The number of rotatable bonds is 6. The van der Waals surface area contributed by atoms with Gasteiger partial charge in [0.1, 0.15) is 11.6 Å². The van der Waals surface area contributed by atoms with E-state index in [-0.39, 0.29) is 11.6 Å². The lowest BCUT2D eigenvalue weighted by molar-refractivity contribution is 0.102. The van der Waals surface area contributed by atoms with Crippen LogP contribution in [0.3, 0.4) is 0 Å². The molecule has 152 valence electrons. The van der Waals surface area contributed by atoms with Crippen LogP contribution in [0.1, 0.15) is 52.4 Å². The second-order valence-electron chi connectivity index (χ2n) is 7.57. The largest absolute Gasteiger partial charge is 0.344 e. The molecular formula is C22H25FN4OS. The minimum absolute atomic E-state index is 0.0967. The summed E-state index contributed by atoms with van der Waals surface area (Å²) in [6.07, 6.45) is 4.47. The number of halogens is 1. The van der Waals surface area contributed by atoms with Crippen LogP contribution in [0.5, 0.6) is 0 Å². The Morgan fingerprint density at radius 2 is 1.93 bits per heavy atom. The Balaban J connectivity index is 1.47. The van der Waals surface area contributed by atoms with Crippen molar-refractivity contribution in [3.05, 3.63) is 64.5 Å². The van der Waals surface area contributed by atoms with Gasteiger partial charge >= 0.3 is 0 Å². The van der Waals surface area contributed by atoms with Crippen molar-refractivity contribution >= 4 is 17.5 Å². The number of hydrogen-bond acceptors (Lipinski definition) is 4. The number of aromatic nitrogens is 4. The van der Waals surface area contributed by atoms with Crippen molar-refractivity contribution in [1.82, 2.24) is 19.3 Å². The van der Waals surface area contributed by atoms with Gasteiger partial charge < -0.3 is 9.13 Å². The Morgan fingerprint density at radius 1 is 1.14 bits per heavy atom. The van der Waals surface area contributed by atoms with Crippen LogP contribution in [-0.4, -0.2) is 30.9 Å². The van der Waals surface area contributed by atoms with Gasteiger partial charge in [0.05, 0.1) is 5.75 Å². The Labute approximate surface area is 174 Å². The number of carbonyl (C=O) groups excluding carboxylic acids is 1. The Kier molecular flexibility index (Phi) is 5.85. The molecule has 0 spiro atoms. The number of carbonyl (C=O) groups is 1. The molecule has 2 aromatic heterocycles. The summed E-state index contributed by atoms with van der Waals surface area (Å²) >= 11 is 1.47. The molecule has 0 N–H and O–H groups in total. The number of benzene rings is 1. The van der Waals surface area contributed by atoms with E-state index < -0.39 is 0 Å². The highest BCUT2D eigenvalue weighted by atomic mass is 32.2. The molecule has 1 aromatic carbocycles. The molecule has 0 bridgehead atoms. The van der Waals surface area contributed by atoms with Gasteiger partial charge in [-0.05, 0) is 50.5 Å². The average Bonchev–Trinajstić information content (AvgIpc) is 3.11. The van der Waals surface area contributed by atoms with E-state index in [0.29, 0.717) is 12.3 Å². The molecule has 7 heteroatoms.